The van der Waals surface area contributed by atoms with Crippen molar-refractivity contribution in [3.8, 4) is 0 Å². The highest BCUT2D eigenvalue weighted by molar-refractivity contribution is 5.88. The van der Waals surface area contributed by atoms with E-state index in [1.54, 1.807) is 0 Å². The SMILES string of the molecule is CCOC(=O)C1CCCCN1C(=O)C1C2C3CCC(C3)C12. The predicted octanol–water partition coefficient (Wildman–Crippen LogP) is 2.22. The number of ether oxygens (including phenoxy) is 1. The van der Waals surface area contributed by atoms with Crippen LogP contribution in [0.5, 0.6) is 0 Å². The lowest BCUT2D eigenvalue weighted by Gasteiger charge is -2.34. The van der Waals surface area contributed by atoms with Crippen LogP contribution in [-0.4, -0.2) is 36.0 Å². The highest BCUT2D eigenvalue weighted by Gasteiger charge is 2.68. The molecule has 4 nitrogen and oxygen atoms in total. The van der Waals surface area contributed by atoms with Gasteiger partial charge < -0.3 is 9.64 Å². The largest absolute Gasteiger partial charge is 0.464 e. The van der Waals surface area contributed by atoms with Crippen LogP contribution in [0.25, 0.3) is 0 Å². The van der Waals surface area contributed by atoms with Crippen LogP contribution in [0.2, 0.25) is 0 Å². The van der Waals surface area contributed by atoms with Crippen LogP contribution >= 0.6 is 0 Å². The van der Waals surface area contributed by atoms with Gasteiger partial charge in [0.25, 0.3) is 0 Å². The topological polar surface area (TPSA) is 46.6 Å². The number of hydrogen-bond acceptors (Lipinski definition) is 3. The average Bonchev–Trinajstić information content (AvgIpc) is 2.94. The Morgan fingerprint density at radius 2 is 1.81 bits per heavy atom. The van der Waals surface area contributed by atoms with Crippen molar-refractivity contribution in [1.29, 1.82) is 0 Å². The number of likely N-dealkylation sites (tertiary alicyclic amines) is 1. The van der Waals surface area contributed by atoms with Crippen LogP contribution in [0.1, 0.15) is 45.4 Å². The van der Waals surface area contributed by atoms with Crippen LogP contribution < -0.4 is 0 Å². The number of hydrogen-bond donors (Lipinski definition) is 0. The van der Waals surface area contributed by atoms with Crippen molar-refractivity contribution in [2.75, 3.05) is 13.2 Å². The van der Waals surface area contributed by atoms with Gasteiger partial charge >= 0.3 is 5.97 Å². The lowest BCUT2D eigenvalue weighted by Crippen LogP contribution is -2.49. The van der Waals surface area contributed by atoms with Crippen LogP contribution in [0.4, 0.5) is 0 Å². The minimum absolute atomic E-state index is 0.195. The number of nitrogens with zero attached hydrogens (tertiary/aromatic N) is 1. The number of esters is 1. The molecular weight excluding hydrogens is 266 g/mol. The van der Waals surface area contributed by atoms with Crippen molar-refractivity contribution in [2.45, 2.75) is 51.5 Å². The fraction of sp³-hybridized carbons (Fsp3) is 0.882. The van der Waals surface area contributed by atoms with E-state index in [0.29, 0.717) is 18.4 Å². The van der Waals surface area contributed by atoms with Gasteiger partial charge in [-0.15, -0.1) is 0 Å². The second-order valence-electron chi connectivity index (χ2n) is 7.31. The Balaban J connectivity index is 1.47. The molecule has 116 valence electrons. The molecule has 0 radical (unpaired) electrons. The van der Waals surface area contributed by atoms with Crippen LogP contribution in [-0.2, 0) is 14.3 Å². The summed E-state index contributed by atoms with van der Waals surface area (Å²) in [5.74, 6) is 3.23. The smallest absolute Gasteiger partial charge is 0.328 e. The number of amides is 1. The maximum absolute atomic E-state index is 12.9. The minimum atomic E-state index is -0.315. The highest BCUT2D eigenvalue weighted by atomic mass is 16.5. The summed E-state index contributed by atoms with van der Waals surface area (Å²) in [4.78, 5) is 26.9. The lowest BCUT2D eigenvalue weighted by molar-refractivity contribution is -0.157. The second-order valence-corrected chi connectivity index (χ2v) is 7.31. The summed E-state index contributed by atoms with van der Waals surface area (Å²) in [6, 6.07) is -0.315. The summed E-state index contributed by atoms with van der Waals surface area (Å²) < 4.78 is 5.18. The van der Waals surface area contributed by atoms with Crippen molar-refractivity contribution >= 4 is 11.9 Å². The zero-order valence-corrected chi connectivity index (χ0v) is 12.8. The van der Waals surface area contributed by atoms with Gasteiger partial charge in [-0.3, -0.25) is 4.79 Å². The molecule has 4 aliphatic rings. The molecule has 0 N–H and O–H groups in total. The monoisotopic (exact) mass is 291 g/mol. The number of piperidine rings is 1. The van der Waals surface area contributed by atoms with Gasteiger partial charge in [0.2, 0.25) is 5.91 Å². The lowest BCUT2D eigenvalue weighted by atomic mass is 9.98. The fourth-order valence-corrected chi connectivity index (χ4v) is 5.53. The Kier molecular flexibility index (Phi) is 3.23. The van der Waals surface area contributed by atoms with Crippen molar-refractivity contribution in [3.63, 3.8) is 0 Å². The van der Waals surface area contributed by atoms with Gasteiger partial charge in [0.1, 0.15) is 6.04 Å². The Morgan fingerprint density at radius 1 is 1.10 bits per heavy atom. The summed E-state index contributed by atoms with van der Waals surface area (Å²) in [6.45, 7) is 2.97. The fourth-order valence-electron chi connectivity index (χ4n) is 5.53. The molecule has 1 saturated heterocycles. The maximum Gasteiger partial charge on any atom is 0.328 e. The summed E-state index contributed by atoms with van der Waals surface area (Å²) in [6.07, 6.45) is 6.85. The van der Waals surface area contributed by atoms with Crippen molar-refractivity contribution < 1.29 is 14.3 Å². The van der Waals surface area contributed by atoms with Gasteiger partial charge in [0.05, 0.1) is 6.61 Å². The van der Waals surface area contributed by atoms with Crippen molar-refractivity contribution in [1.82, 2.24) is 4.90 Å². The summed E-state index contributed by atoms with van der Waals surface area (Å²) in [7, 11) is 0. The Hall–Kier alpha value is -1.06. The Morgan fingerprint density at radius 3 is 2.48 bits per heavy atom. The van der Waals surface area contributed by atoms with E-state index in [4.69, 9.17) is 4.74 Å². The number of carbonyl (C=O) groups excluding carboxylic acids is 2. The van der Waals surface area contributed by atoms with Crippen LogP contribution in [0, 0.1) is 29.6 Å². The number of fused-ring (bicyclic) bond motifs is 5. The predicted molar refractivity (Wildman–Crippen MR) is 77.3 cm³/mol. The molecule has 5 atom stereocenters. The van der Waals surface area contributed by atoms with Gasteiger partial charge in [-0.05, 0) is 69.1 Å². The van der Waals surface area contributed by atoms with Crippen LogP contribution in [0.3, 0.4) is 0 Å². The first-order chi connectivity index (χ1) is 10.2. The quantitative estimate of drug-likeness (QED) is 0.749. The third-order valence-electron chi connectivity index (χ3n) is 6.37. The minimum Gasteiger partial charge on any atom is -0.464 e. The summed E-state index contributed by atoms with van der Waals surface area (Å²) in [5, 5.41) is 0. The molecule has 0 aromatic rings. The standard InChI is InChI=1S/C17H25NO3/c1-2-21-17(20)12-5-3-4-8-18(12)16(19)15-13-10-6-7-11(9-10)14(13)15/h10-15H,2-9H2,1H3. The van der Waals surface area contributed by atoms with E-state index in [0.717, 1.165) is 37.6 Å². The highest BCUT2D eigenvalue weighted by Crippen LogP contribution is 2.69. The van der Waals surface area contributed by atoms with Gasteiger partial charge in [0.15, 0.2) is 0 Å². The molecule has 4 rings (SSSR count). The number of carbonyl (C=O) groups is 2. The van der Waals surface area contributed by atoms with Gasteiger partial charge in [-0.25, -0.2) is 4.79 Å². The molecule has 1 amide bonds. The zero-order chi connectivity index (χ0) is 14.6. The van der Waals surface area contributed by atoms with Gasteiger partial charge in [0, 0.05) is 12.5 Å². The Bertz CT molecular complexity index is 447. The van der Waals surface area contributed by atoms with Gasteiger partial charge in [-0.2, -0.15) is 0 Å². The molecule has 4 fully saturated rings. The van der Waals surface area contributed by atoms with Gasteiger partial charge in [-0.1, -0.05) is 0 Å². The Labute approximate surface area is 126 Å². The van der Waals surface area contributed by atoms with Crippen molar-refractivity contribution in [3.05, 3.63) is 0 Å². The van der Waals surface area contributed by atoms with E-state index < -0.39 is 0 Å². The van der Waals surface area contributed by atoms with E-state index in [-0.39, 0.29) is 23.8 Å². The van der Waals surface area contributed by atoms with Crippen LogP contribution in [0.15, 0.2) is 0 Å². The summed E-state index contributed by atoms with van der Waals surface area (Å²) in [5.41, 5.74) is 0. The molecule has 0 aromatic carbocycles. The molecule has 0 aromatic heterocycles. The molecule has 1 aliphatic heterocycles. The molecule has 3 aliphatic carbocycles. The number of rotatable bonds is 3. The first kappa shape index (κ1) is 13.6. The average molecular weight is 291 g/mol. The first-order valence-corrected chi connectivity index (χ1v) is 8.69. The molecule has 5 unspecified atom stereocenters. The molecule has 2 bridgehead atoms. The van der Waals surface area contributed by atoms with E-state index >= 15 is 0 Å². The molecule has 21 heavy (non-hydrogen) atoms. The maximum atomic E-state index is 12.9. The second kappa shape index (κ2) is 4.99. The molecule has 1 heterocycles. The van der Waals surface area contributed by atoms with E-state index in [9.17, 15) is 9.59 Å². The molecular formula is C17H25NO3. The van der Waals surface area contributed by atoms with Crippen molar-refractivity contribution in [2.24, 2.45) is 29.6 Å². The van der Waals surface area contributed by atoms with E-state index in [1.165, 1.54) is 19.3 Å². The normalized spacial score (nSPS) is 43.6. The van der Waals surface area contributed by atoms with E-state index in [1.807, 2.05) is 11.8 Å². The molecule has 0 spiro atoms. The third-order valence-corrected chi connectivity index (χ3v) is 6.37. The molecule has 4 heteroatoms. The first-order valence-electron chi connectivity index (χ1n) is 8.69. The summed E-state index contributed by atoms with van der Waals surface area (Å²) >= 11 is 0. The van der Waals surface area contributed by atoms with E-state index in [2.05, 4.69) is 0 Å². The zero-order valence-electron chi connectivity index (χ0n) is 12.8. The third kappa shape index (κ3) is 2.01. The molecule has 3 saturated carbocycles.